The number of aryl methyl sites for hydroxylation is 1. The smallest absolute Gasteiger partial charge is 0.252 e. The number of aromatic nitrogens is 2. The van der Waals surface area contributed by atoms with Gasteiger partial charge in [-0.2, -0.15) is 0 Å². The minimum absolute atomic E-state index is 0.125. The van der Waals surface area contributed by atoms with Gasteiger partial charge in [-0.15, -0.1) is 0 Å². The van der Waals surface area contributed by atoms with Crippen molar-refractivity contribution >= 4 is 29.1 Å². The lowest BCUT2D eigenvalue weighted by Gasteiger charge is -2.20. The second-order valence-corrected chi connectivity index (χ2v) is 7.49. The Morgan fingerprint density at radius 2 is 1.86 bits per heavy atom. The third kappa shape index (κ3) is 4.03. The summed E-state index contributed by atoms with van der Waals surface area (Å²) in [6.07, 6.45) is 4.99. The lowest BCUT2D eigenvalue weighted by Crippen LogP contribution is -2.31. The highest BCUT2D eigenvalue weighted by atomic mass is 35.5. The third-order valence-corrected chi connectivity index (χ3v) is 5.36. The van der Waals surface area contributed by atoms with Gasteiger partial charge in [0.1, 0.15) is 11.9 Å². The molecule has 1 fully saturated rings. The van der Waals surface area contributed by atoms with Crippen LogP contribution in [0.5, 0.6) is 0 Å². The first-order valence-electron chi connectivity index (χ1n) is 9.47. The molecule has 1 saturated heterocycles. The number of carbonyl (C=O) groups excluding carboxylic acids is 2. The minimum Gasteiger partial charge on any atom is -0.338 e. The summed E-state index contributed by atoms with van der Waals surface area (Å²) in [4.78, 5) is 31.0. The average Bonchev–Trinajstić information content (AvgIpc) is 3.35. The van der Waals surface area contributed by atoms with Crippen molar-refractivity contribution in [1.82, 2.24) is 14.9 Å². The molecule has 4 rings (SSSR count). The first-order chi connectivity index (χ1) is 14.0. The van der Waals surface area contributed by atoms with Gasteiger partial charge in [-0.3, -0.25) is 9.59 Å². The Bertz CT molecular complexity index is 1030. The van der Waals surface area contributed by atoms with Gasteiger partial charge in [0.25, 0.3) is 5.91 Å². The van der Waals surface area contributed by atoms with Crippen molar-refractivity contribution in [2.24, 2.45) is 7.05 Å². The van der Waals surface area contributed by atoms with Crippen LogP contribution in [0.25, 0.3) is 0 Å². The minimum atomic E-state index is -0.417. The van der Waals surface area contributed by atoms with Crippen LogP contribution in [-0.4, -0.2) is 27.9 Å². The van der Waals surface area contributed by atoms with Gasteiger partial charge in [-0.25, -0.2) is 4.98 Å². The number of halogens is 1. The molecule has 2 amide bonds. The van der Waals surface area contributed by atoms with E-state index in [2.05, 4.69) is 10.3 Å². The van der Waals surface area contributed by atoms with Gasteiger partial charge in [-0.1, -0.05) is 23.7 Å². The van der Waals surface area contributed by atoms with Gasteiger partial charge < -0.3 is 14.8 Å². The van der Waals surface area contributed by atoms with Gasteiger partial charge in [0, 0.05) is 48.7 Å². The van der Waals surface area contributed by atoms with Crippen LogP contribution in [0.3, 0.4) is 0 Å². The van der Waals surface area contributed by atoms with E-state index in [0.29, 0.717) is 17.0 Å². The van der Waals surface area contributed by atoms with Gasteiger partial charge in [-0.05, 0) is 48.4 Å². The van der Waals surface area contributed by atoms with Crippen molar-refractivity contribution in [2.75, 3.05) is 11.4 Å². The molecule has 29 heavy (non-hydrogen) atoms. The Hall–Kier alpha value is -3.12. The van der Waals surface area contributed by atoms with Gasteiger partial charge in [0.15, 0.2) is 0 Å². The molecule has 0 radical (unpaired) electrons. The molecule has 1 atom stereocenters. The summed E-state index contributed by atoms with van der Waals surface area (Å²) in [6.45, 7) is 0.724. The zero-order valence-electron chi connectivity index (χ0n) is 16.0. The Kier molecular flexibility index (Phi) is 5.36. The summed E-state index contributed by atoms with van der Waals surface area (Å²) in [5.41, 5.74) is 2.23. The number of imidazole rings is 1. The highest BCUT2D eigenvalue weighted by Crippen LogP contribution is 2.24. The fourth-order valence-electron chi connectivity index (χ4n) is 3.54. The van der Waals surface area contributed by atoms with Crippen LogP contribution >= 0.6 is 11.6 Å². The molecular formula is C22H21ClN4O2. The second-order valence-electron chi connectivity index (χ2n) is 7.05. The van der Waals surface area contributed by atoms with Gasteiger partial charge in [0.2, 0.25) is 5.91 Å². The number of hydrogen-bond acceptors (Lipinski definition) is 3. The lowest BCUT2D eigenvalue weighted by molar-refractivity contribution is -0.117. The van der Waals surface area contributed by atoms with Crippen molar-refractivity contribution in [2.45, 2.75) is 18.9 Å². The normalized spacial score (nSPS) is 14.8. The molecule has 0 saturated carbocycles. The molecule has 2 heterocycles. The molecular weight excluding hydrogens is 388 g/mol. The highest BCUT2D eigenvalue weighted by molar-refractivity contribution is 6.30. The molecule has 2 aromatic carbocycles. The van der Waals surface area contributed by atoms with Crippen molar-refractivity contribution in [3.05, 3.63) is 82.9 Å². The summed E-state index contributed by atoms with van der Waals surface area (Å²) in [5, 5.41) is 3.69. The number of benzene rings is 2. The van der Waals surface area contributed by atoms with Gasteiger partial charge in [0.05, 0.1) is 0 Å². The van der Waals surface area contributed by atoms with E-state index < -0.39 is 6.04 Å². The lowest BCUT2D eigenvalue weighted by atomic mass is 10.1. The van der Waals surface area contributed by atoms with Crippen LogP contribution in [0.15, 0.2) is 60.9 Å². The van der Waals surface area contributed by atoms with Crippen molar-refractivity contribution in [3.63, 3.8) is 0 Å². The van der Waals surface area contributed by atoms with E-state index in [1.807, 2.05) is 42.1 Å². The topological polar surface area (TPSA) is 67.2 Å². The molecule has 0 aliphatic carbocycles. The summed E-state index contributed by atoms with van der Waals surface area (Å²) >= 11 is 6.02. The predicted molar refractivity (Wildman–Crippen MR) is 112 cm³/mol. The summed E-state index contributed by atoms with van der Waals surface area (Å²) in [6, 6.07) is 14.0. The first kappa shape index (κ1) is 19.2. The Labute approximate surface area is 174 Å². The van der Waals surface area contributed by atoms with E-state index in [0.717, 1.165) is 30.0 Å². The molecule has 0 unspecified atom stereocenters. The predicted octanol–water partition coefficient (Wildman–Crippen LogP) is 3.72. The maximum Gasteiger partial charge on any atom is 0.252 e. The second kappa shape index (κ2) is 8.09. The molecule has 148 valence electrons. The van der Waals surface area contributed by atoms with Crippen molar-refractivity contribution in [1.29, 1.82) is 0 Å². The number of hydrogen-bond donors (Lipinski definition) is 1. The average molecular weight is 409 g/mol. The maximum atomic E-state index is 12.9. The van der Waals surface area contributed by atoms with Crippen LogP contribution in [-0.2, 0) is 11.8 Å². The van der Waals surface area contributed by atoms with Crippen LogP contribution in [0.1, 0.15) is 40.6 Å². The molecule has 0 bridgehead atoms. The van der Waals surface area contributed by atoms with E-state index in [1.165, 1.54) is 0 Å². The fraction of sp³-hybridized carbons (Fsp3) is 0.227. The quantitative estimate of drug-likeness (QED) is 0.699. The third-order valence-electron chi connectivity index (χ3n) is 5.11. The maximum absolute atomic E-state index is 12.9. The SMILES string of the molecule is Cn1ccnc1[C@@H](NC(=O)c1ccc(N2CCCC2=O)cc1)c1ccc(Cl)cc1. The zero-order chi connectivity index (χ0) is 20.4. The first-order valence-corrected chi connectivity index (χ1v) is 9.85. The highest BCUT2D eigenvalue weighted by Gasteiger charge is 2.23. The van der Waals surface area contributed by atoms with E-state index in [9.17, 15) is 9.59 Å². The molecule has 1 N–H and O–H groups in total. The van der Waals surface area contributed by atoms with Crippen LogP contribution < -0.4 is 10.2 Å². The van der Waals surface area contributed by atoms with Crippen molar-refractivity contribution < 1.29 is 9.59 Å². The van der Waals surface area contributed by atoms with Gasteiger partial charge >= 0.3 is 0 Å². The summed E-state index contributed by atoms with van der Waals surface area (Å²) in [5.74, 6) is 0.631. The Morgan fingerprint density at radius 3 is 2.45 bits per heavy atom. The number of nitrogens with zero attached hydrogens (tertiary/aromatic N) is 3. The Balaban J connectivity index is 1.57. The molecule has 3 aromatic rings. The molecule has 6 nitrogen and oxygen atoms in total. The molecule has 1 aliphatic heterocycles. The van der Waals surface area contributed by atoms with Crippen molar-refractivity contribution in [3.8, 4) is 0 Å². The standard InChI is InChI=1S/C22H21ClN4O2/c1-26-14-12-24-21(26)20(15-4-8-17(23)9-5-15)25-22(29)16-6-10-18(11-7-16)27-13-2-3-19(27)28/h4-12,14,20H,2-3,13H2,1H3,(H,25,29)/t20-/m0/s1. The number of amides is 2. The zero-order valence-corrected chi connectivity index (χ0v) is 16.8. The van der Waals surface area contributed by atoms with Crippen LogP contribution in [0, 0.1) is 0 Å². The van der Waals surface area contributed by atoms with Crippen LogP contribution in [0.2, 0.25) is 5.02 Å². The van der Waals surface area contributed by atoms with E-state index >= 15 is 0 Å². The number of anilines is 1. The monoisotopic (exact) mass is 408 g/mol. The van der Waals surface area contributed by atoms with E-state index in [1.54, 1.807) is 35.4 Å². The molecule has 7 heteroatoms. The summed E-state index contributed by atoms with van der Waals surface area (Å²) in [7, 11) is 1.89. The largest absolute Gasteiger partial charge is 0.338 e. The number of rotatable bonds is 5. The number of nitrogens with one attached hydrogen (secondary N) is 1. The summed E-state index contributed by atoms with van der Waals surface area (Å²) < 4.78 is 1.88. The number of carbonyl (C=O) groups is 2. The molecule has 1 aliphatic rings. The fourth-order valence-corrected chi connectivity index (χ4v) is 3.66. The van der Waals surface area contributed by atoms with E-state index in [-0.39, 0.29) is 11.8 Å². The molecule has 0 spiro atoms. The van der Waals surface area contributed by atoms with E-state index in [4.69, 9.17) is 11.6 Å². The Morgan fingerprint density at radius 1 is 1.14 bits per heavy atom. The van der Waals surface area contributed by atoms with Crippen LogP contribution in [0.4, 0.5) is 5.69 Å². The molecule has 1 aromatic heterocycles.